The second kappa shape index (κ2) is 3.93. The number of rotatable bonds is 1. The van der Waals surface area contributed by atoms with Gasteiger partial charge in [-0.3, -0.25) is 4.79 Å². The molecule has 0 saturated heterocycles. The summed E-state index contributed by atoms with van der Waals surface area (Å²) in [5, 5.41) is 1.03. The number of hydrogen-bond acceptors (Lipinski definition) is 3. The number of aromatic nitrogens is 2. The molecule has 0 bridgehead atoms. The fraction of sp³-hybridized carbons (Fsp3) is 0.125. The smallest absolute Gasteiger partial charge is 0.251 e. The number of para-hydroxylation sites is 1. The van der Waals surface area contributed by atoms with Crippen molar-refractivity contribution in [3.8, 4) is 17.1 Å². The van der Waals surface area contributed by atoms with E-state index in [0.29, 0.717) is 6.54 Å². The van der Waals surface area contributed by atoms with Gasteiger partial charge >= 0.3 is 0 Å². The van der Waals surface area contributed by atoms with Gasteiger partial charge in [-0.1, -0.05) is 18.2 Å². The summed E-state index contributed by atoms with van der Waals surface area (Å²) in [7, 11) is 1.64. The summed E-state index contributed by atoms with van der Waals surface area (Å²) in [5.41, 5.74) is 3.67. The number of pyridine rings is 2. The lowest BCUT2D eigenvalue weighted by atomic mass is 10.1. The Morgan fingerprint density at radius 3 is 2.90 bits per heavy atom. The van der Waals surface area contributed by atoms with Gasteiger partial charge in [-0.05, 0) is 18.2 Å². The van der Waals surface area contributed by atoms with E-state index in [1.54, 1.807) is 23.8 Å². The van der Waals surface area contributed by atoms with E-state index >= 15 is 0 Å². The Labute approximate surface area is 115 Å². The van der Waals surface area contributed by atoms with Crippen molar-refractivity contribution < 1.29 is 4.74 Å². The first kappa shape index (κ1) is 11.2. The van der Waals surface area contributed by atoms with E-state index in [9.17, 15) is 4.79 Å². The molecule has 0 amide bonds. The molecule has 0 unspecified atom stereocenters. The Kier molecular flexibility index (Phi) is 2.21. The topological polar surface area (TPSA) is 44.1 Å². The van der Waals surface area contributed by atoms with Crippen LogP contribution in [0.3, 0.4) is 0 Å². The summed E-state index contributed by atoms with van der Waals surface area (Å²) in [6.45, 7) is 0.588. The Bertz CT molecular complexity index is 897. The van der Waals surface area contributed by atoms with Gasteiger partial charge in [0.2, 0.25) is 0 Å². The molecule has 1 aliphatic heterocycles. The molecule has 2 aromatic heterocycles. The van der Waals surface area contributed by atoms with Crippen LogP contribution in [0.25, 0.3) is 22.3 Å². The van der Waals surface area contributed by atoms with E-state index in [-0.39, 0.29) is 5.56 Å². The van der Waals surface area contributed by atoms with E-state index in [2.05, 4.69) is 6.07 Å². The van der Waals surface area contributed by atoms with E-state index in [4.69, 9.17) is 9.72 Å². The van der Waals surface area contributed by atoms with Gasteiger partial charge in [0.05, 0.1) is 25.0 Å². The molecule has 1 aliphatic rings. The van der Waals surface area contributed by atoms with Crippen molar-refractivity contribution in [2.75, 3.05) is 7.11 Å². The minimum atomic E-state index is 0.0107. The summed E-state index contributed by atoms with van der Waals surface area (Å²) in [5.74, 6) is 0.752. The van der Waals surface area contributed by atoms with Crippen LogP contribution < -0.4 is 10.3 Å². The largest absolute Gasteiger partial charge is 0.494 e. The molecular formula is C16H12N2O2. The fourth-order valence-corrected chi connectivity index (χ4v) is 2.78. The fourth-order valence-electron chi connectivity index (χ4n) is 2.78. The molecule has 1 aromatic carbocycles. The zero-order valence-electron chi connectivity index (χ0n) is 11.0. The van der Waals surface area contributed by atoms with Crippen LogP contribution in [0.4, 0.5) is 0 Å². The summed E-state index contributed by atoms with van der Waals surface area (Å²) in [6, 6.07) is 13.2. The number of ether oxygens (including phenoxy) is 1. The first-order chi connectivity index (χ1) is 9.78. The second-order valence-corrected chi connectivity index (χ2v) is 4.86. The number of hydrogen-bond donors (Lipinski definition) is 0. The third kappa shape index (κ3) is 1.42. The number of benzene rings is 1. The first-order valence-electron chi connectivity index (χ1n) is 6.45. The third-order valence-electron chi connectivity index (χ3n) is 3.73. The maximum absolute atomic E-state index is 11.9. The maximum atomic E-state index is 11.9. The maximum Gasteiger partial charge on any atom is 0.251 e. The van der Waals surface area contributed by atoms with E-state index in [1.807, 2.05) is 24.3 Å². The van der Waals surface area contributed by atoms with Crippen LogP contribution in [0.1, 0.15) is 5.56 Å². The minimum Gasteiger partial charge on any atom is -0.494 e. The highest BCUT2D eigenvalue weighted by Crippen LogP contribution is 2.33. The molecular weight excluding hydrogens is 252 g/mol. The van der Waals surface area contributed by atoms with Crippen LogP contribution >= 0.6 is 0 Å². The molecule has 0 spiro atoms. The van der Waals surface area contributed by atoms with Crippen molar-refractivity contribution in [1.29, 1.82) is 0 Å². The summed E-state index contributed by atoms with van der Waals surface area (Å²) < 4.78 is 7.12. The van der Waals surface area contributed by atoms with Gasteiger partial charge in [-0.25, -0.2) is 4.98 Å². The highest BCUT2D eigenvalue weighted by atomic mass is 16.5. The van der Waals surface area contributed by atoms with Gasteiger partial charge in [0.15, 0.2) is 0 Å². The van der Waals surface area contributed by atoms with Crippen molar-refractivity contribution >= 4 is 10.9 Å². The molecule has 4 rings (SSSR count). The average Bonchev–Trinajstić information content (AvgIpc) is 2.83. The van der Waals surface area contributed by atoms with E-state index in [1.165, 1.54) is 0 Å². The van der Waals surface area contributed by atoms with Crippen molar-refractivity contribution in [1.82, 2.24) is 9.55 Å². The van der Waals surface area contributed by atoms with Gasteiger partial charge < -0.3 is 9.30 Å². The predicted molar refractivity (Wildman–Crippen MR) is 77.1 cm³/mol. The first-order valence-corrected chi connectivity index (χ1v) is 6.45. The minimum absolute atomic E-state index is 0.0107. The summed E-state index contributed by atoms with van der Waals surface area (Å²) >= 11 is 0. The highest BCUT2D eigenvalue weighted by molar-refractivity contribution is 5.88. The highest BCUT2D eigenvalue weighted by Gasteiger charge is 2.21. The molecule has 98 valence electrons. The summed E-state index contributed by atoms with van der Waals surface area (Å²) in [6.07, 6.45) is 0. The van der Waals surface area contributed by atoms with Crippen LogP contribution in [-0.2, 0) is 6.54 Å². The van der Waals surface area contributed by atoms with E-state index in [0.717, 1.165) is 33.6 Å². The molecule has 3 aromatic rings. The average molecular weight is 264 g/mol. The van der Waals surface area contributed by atoms with Gasteiger partial charge in [0, 0.05) is 17.0 Å². The molecule has 0 radical (unpaired) electrons. The standard InChI is InChI=1S/C16H12N2O2/c1-20-13-6-2-4-10-8-11-9-18-12(5-3-7-14(18)19)15(11)17-16(10)13/h2-8H,9H2,1H3. The van der Waals surface area contributed by atoms with E-state index < -0.39 is 0 Å². The molecule has 0 N–H and O–H groups in total. The Morgan fingerprint density at radius 1 is 1.20 bits per heavy atom. The van der Waals surface area contributed by atoms with Crippen LogP contribution in [0.5, 0.6) is 5.75 Å². The zero-order valence-corrected chi connectivity index (χ0v) is 11.0. The van der Waals surface area contributed by atoms with Gasteiger partial charge in [0.25, 0.3) is 5.56 Å². The van der Waals surface area contributed by atoms with Gasteiger partial charge in [-0.2, -0.15) is 0 Å². The van der Waals surface area contributed by atoms with Crippen LogP contribution in [0.2, 0.25) is 0 Å². The molecule has 4 nitrogen and oxygen atoms in total. The lowest BCUT2D eigenvalue weighted by Crippen LogP contribution is -2.16. The van der Waals surface area contributed by atoms with Gasteiger partial charge in [-0.15, -0.1) is 0 Å². The molecule has 3 heterocycles. The predicted octanol–water partition coefficient (Wildman–Crippen LogP) is 2.43. The van der Waals surface area contributed by atoms with Crippen molar-refractivity contribution in [2.45, 2.75) is 6.54 Å². The van der Waals surface area contributed by atoms with Gasteiger partial charge in [0.1, 0.15) is 11.3 Å². The lowest BCUT2D eigenvalue weighted by molar-refractivity contribution is 0.419. The molecule has 0 aliphatic carbocycles. The molecule has 0 fully saturated rings. The normalized spacial score (nSPS) is 12.2. The number of fused-ring (bicyclic) bond motifs is 4. The number of methoxy groups -OCH3 is 1. The lowest BCUT2D eigenvalue weighted by Gasteiger charge is -2.06. The monoisotopic (exact) mass is 264 g/mol. The quantitative estimate of drug-likeness (QED) is 0.530. The zero-order chi connectivity index (χ0) is 13.7. The molecule has 4 heteroatoms. The van der Waals surface area contributed by atoms with Crippen LogP contribution in [0, 0.1) is 0 Å². The molecule has 0 atom stereocenters. The third-order valence-corrected chi connectivity index (χ3v) is 3.73. The summed E-state index contributed by atoms with van der Waals surface area (Å²) in [4.78, 5) is 16.6. The van der Waals surface area contributed by atoms with Crippen molar-refractivity contribution in [3.05, 3.63) is 58.4 Å². The Morgan fingerprint density at radius 2 is 2.05 bits per heavy atom. The Hall–Kier alpha value is -2.62. The van der Waals surface area contributed by atoms with Crippen molar-refractivity contribution in [3.63, 3.8) is 0 Å². The Balaban J connectivity index is 2.07. The van der Waals surface area contributed by atoms with Crippen LogP contribution in [-0.4, -0.2) is 16.7 Å². The molecule has 0 saturated carbocycles. The second-order valence-electron chi connectivity index (χ2n) is 4.86. The SMILES string of the molecule is COc1cccc2cc3c(nc12)-c1cccc(=O)n1C3. The molecule has 20 heavy (non-hydrogen) atoms. The van der Waals surface area contributed by atoms with Crippen LogP contribution in [0.15, 0.2) is 47.3 Å². The number of nitrogens with zero attached hydrogens (tertiary/aromatic N) is 2. The van der Waals surface area contributed by atoms with Crippen molar-refractivity contribution in [2.24, 2.45) is 0 Å².